The number of methoxy groups -OCH3 is 1. The number of hydrogen-bond donors (Lipinski definition) is 1. The molecule has 0 saturated carbocycles. The van der Waals surface area contributed by atoms with E-state index in [4.69, 9.17) is 9.84 Å². The third-order valence-corrected chi connectivity index (χ3v) is 3.27. The maximum Gasteiger partial charge on any atom is 0.356 e. The largest absolute Gasteiger partial charge is 0.476 e. The predicted octanol–water partition coefficient (Wildman–Crippen LogP) is 1.45. The fraction of sp³-hybridized carbons (Fsp3) is 0.571. The van der Waals surface area contributed by atoms with Crippen molar-refractivity contribution >= 4 is 11.9 Å². The van der Waals surface area contributed by atoms with Crippen LogP contribution in [0, 0.1) is 0 Å². The Morgan fingerprint density at radius 1 is 1.24 bits per heavy atom. The second kappa shape index (κ2) is 8.31. The Morgan fingerprint density at radius 3 is 2.24 bits per heavy atom. The normalized spacial score (nSPS) is 10.7. The number of carboxylic acid groups (broad SMARTS) is 1. The third kappa shape index (κ3) is 4.49. The van der Waals surface area contributed by atoms with Gasteiger partial charge in [0.25, 0.3) is 5.91 Å². The average Bonchev–Trinajstić information content (AvgIpc) is 2.51. The number of rotatable bonds is 8. The Morgan fingerprint density at radius 2 is 1.81 bits per heavy atom. The van der Waals surface area contributed by atoms with Gasteiger partial charge < -0.3 is 14.7 Å². The zero-order chi connectivity index (χ0) is 15.8. The second-order valence-corrected chi connectivity index (χ2v) is 4.55. The van der Waals surface area contributed by atoms with Crippen molar-refractivity contribution in [2.24, 2.45) is 0 Å². The van der Waals surface area contributed by atoms with Gasteiger partial charge in [0.1, 0.15) is 5.69 Å². The van der Waals surface area contributed by atoms with E-state index in [1.54, 1.807) is 12.0 Å². The first-order chi connectivity index (χ1) is 10.0. The second-order valence-electron chi connectivity index (χ2n) is 4.55. The molecule has 0 aliphatic rings. The Balaban J connectivity index is 2.95. The topological polar surface area (TPSA) is 92.6 Å². The lowest BCUT2D eigenvalue weighted by atomic mass is 10.1. The maximum absolute atomic E-state index is 12.5. The maximum atomic E-state index is 12.5. The summed E-state index contributed by atoms with van der Waals surface area (Å²) in [7, 11) is 1.58. The van der Waals surface area contributed by atoms with Crippen LogP contribution in [0.25, 0.3) is 0 Å². The summed E-state index contributed by atoms with van der Waals surface area (Å²) in [5.41, 5.74) is -0.0412. The van der Waals surface area contributed by atoms with Crippen LogP contribution in [-0.4, -0.2) is 58.2 Å². The molecule has 0 fully saturated rings. The van der Waals surface area contributed by atoms with Gasteiger partial charge in [-0.1, -0.05) is 13.8 Å². The minimum absolute atomic E-state index is 0.0913. The van der Waals surface area contributed by atoms with Crippen LogP contribution in [0.1, 0.15) is 47.7 Å². The molecule has 0 spiro atoms. The summed E-state index contributed by atoms with van der Waals surface area (Å²) in [5, 5.41) is 8.79. The average molecular weight is 295 g/mol. The molecular weight excluding hydrogens is 274 g/mol. The first-order valence-electron chi connectivity index (χ1n) is 6.90. The Hall–Kier alpha value is -2.02. The molecule has 1 aromatic rings. The standard InChI is InChI=1S/C14H21N3O4/c1-4-10(5-2)17(6-7-21-3)13(18)11-8-16-12(9-15-11)14(19)20/h8-10H,4-7H2,1-3H3,(H,19,20). The summed E-state index contributed by atoms with van der Waals surface area (Å²) in [5.74, 6) is -1.43. The first-order valence-corrected chi connectivity index (χ1v) is 6.90. The third-order valence-electron chi connectivity index (χ3n) is 3.27. The molecular formula is C14H21N3O4. The highest BCUT2D eigenvalue weighted by molar-refractivity contribution is 5.93. The summed E-state index contributed by atoms with van der Waals surface area (Å²) in [6.45, 7) is 4.92. The van der Waals surface area contributed by atoms with Crippen molar-refractivity contribution in [3.05, 3.63) is 23.8 Å². The summed E-state index contributed by atoms with van der Waals surface area (Å²) in [6, 6.07) is 0.0913. The monoisotopic (exact) mass is 295 g/mol. The highest BCUT2D eigenvalue weighted by Crippen LogP contribution is 2.12. The molecule has 116 valence electrons. The molecule has 1 rings (SSSR count). The molecule has 0 atom stereocenters. The Bertz CT molecular complexity index is 472. The molecule has 1 heterocycles. The lowest BCUT2D eigenvalue weighted by molar-refractivity contribution is 0.0581. The molecule has 7 nitrogen and oxygen atoms in total. The van der Waals surface area contributed by atoms with E-state index in [1.807, 2.05) is 13.8 Å². The van der Waals surface area contributed by atoms with Gasteiger partial charge in [0, 0.05) is 19.7 Å². The van der Waals surface area contributed by atoms with Gasteiger partial charge in [0.15, 0.2) is 5.69 Å². The van der Waals surface area contributed by atoms with E-state index in [0.29, 0.717) is 13.2 Å². The van der Waals surface area contributed by atoms with E-state index in [2.05, 4.69) is 9.97 Å². The molecule has 0 aromatic carbocycles. The van der Waals surface area contributed by atoms with Crippen molar-refractivity contribution < 1.29 is 19.4 Å². The van der Waals surface area contributed by atoms with Gasteiger partial charge in [-0.15, -0.1) is 0 Å². The highest BCUT2D eigenvalue weighted by atomic mass is 16.5. The van der Waals surface area contributed by atoms with Crippen LogP contribution in [-0.2, 0) is 4.74 Å². The molecule has 0 bridgehead atoms. The van der Waals surface area contributed by atoms with E-state index in [1.165, 1.54) is 6.20 Å². The number of hydrogen-bond acceptors (Lipinski definition) is 5. The number of ether oxygens (including phenoxy) is 1. The highest BCUT2D eigenvalue weighted by Gasteiger charge is 2.23. The SMILES string of the molecule is CCC(CC)N(CCOC)C(=O)c1cnc(C(=O)O)cn1. The quantitative estimate of drug-likeness (QED) is 0.780. The van der Waals surface area contributed by atoms with E-state index >= 15 is 0 Å². The van der Waals surface area contributed by atoms with Crippen molar-refractivity contribution in [1.82, 2.24) is 14.9 Å². The van der Waals surface area contributed by atoms with E-state index in [0.717, 1.165) is 19.0 Å². The van der Waals surface area contributed by atoms with Crippen LogP contribution in [0.4, 0.5) is 0 Å². The fourth-order valence-electron chi connectivity index (χ4n) is 2.07. The van der Waals surface area contributed by atoms with Gasteiger partial charge in [0.05, 0.1) is 19.0 Å². The number of aromatic nitrogens is 2. The van der Waals surface area contributed by atoms with Gasteiger partial charge in [-0.2, -0.15) is 0 Å². The predicted molar refractivity (Wildman–Crippen MR) is 76.3 cm³/mol. The van der Waals surface area contributed by atoms with Gasteiger partial charge >= 0.3 is 5.97 Å². The van der Waals surface area contributed by atoms with Crippen molar-refractivity contribution in [3.63, 3.8) is 0 Å². The molecule has 0 aliphatic carbocycles. The molecule has 0 unspecified atom stereocenters. The molecule has 1 N–H and O–H groups in total. The lowest BCUT2D eigenvalue weighted by Crippen LogP contribution is -2.42. The smallest absolute Gasteiger partial charge is 0.356 e. The molecule has 21 heavy (non-hydrogen) atoms. The minimum Gasteiger partial charge on any atom is -0.476 e. The molecule has 0 saturated heterocycles. The number of nitrogens with zero attached hydrogens (tertiary/aromatic N) is 3. The molecule has 1 aromatic heterocycles. The zero-order valence-corrected chi connectivity index (χ0v) is 12.6. The number of carboxylic acids is 1. The van der Waals surface area contributed by atoms with Crippen LogP contribution >= 0.6 is 0 Å². The van der Waals surface area contributed by atoms with Crippen molar-refractivity contribution in [2.75, 3.05) is 20.3 Å². The number of carbonyl (C=O) groups excluding carboxylic acids is 1. The van der Waals surface area contributed by atoms with Crippen LogP contribution in [0.3, 0.4) is 0 Å². The zero-order valence-electron chi connectivity index (χ0n) is 12.6. The number of aromatic carboxylic acids is 1. The molecule has 0 radical (unpaired) electrons. The molecule has 1 amide bonds. The van der Waals surface area contributed by atoms with Crippen LogP contribution < -0.4 is 0 Å². The van der Waals surface area contributed by atoms with Crippen LogP contribution in [0.5, 0.6) is 0 Å². The van der Waals surface area contributed by atoms with Gasteiger partial charge in [-0.3, -0.25) is 4.79 Å². The van der Waals surface area contributed by atoms with Gasteiger partial charge in [-0.05, 0) is 12.8 Å². The minimum atomic E-state index is -1.17. The Labute approximate surface area is 124 Å². The number of carbonyl (C=O) groups is 2. The van der Waals surface area contributed by atoms with E-state index < -0.39 is 5.97 Å². The van der Waals surface area contributed by atoms with Crippen LogP contribution in [0.2, 0.25) is 0 Å². The lowest BCUT2D eigenvalue weighted by Gasteiger charge is -2.30. The van der Waals surface area contributed by atoms with Crippen molar-refractivity contribution in [3.8, 4) is 0 Å². The Kier molecular flexibility index (Phi) is 6.74. The van der Waals surface area contributed by atoms with Crippen molar-refractivity contribution in [1.29, 1.82) is 0 Å². The number of amides is 1. The summed E-state index contributed by atoms with van der Waals surface area (Å²) >= 11 is 0. The molecule has 0 aliphatic heterocycles. The fourth-order valence-corrected chi connectivity index (χ4v) is 2.07. The van der Waals surface area contributed by atoms with Gasteiger partial charge in [0.2, 0.25) is 0 Å². The summed E-state index contributed by atoms with van der Waals surface area (Å²) < 4.78 is 5.04. The van der Waals surface area contributed by atoms with E-state index in [-0.39, 0.29) is 23.3 Å². The first kappa shape index (κ1) is 17.0. The van der Waals surface area contributed by atoms with Crippen LogP contribution in [0.15, 0.2) is 12.4 Å². The summed E-state index contributed by atoms with van der Waals surface area (Å²) in [4.78, 5) is 32.6. The molecule has 7 heteroatoms. The van der Waals surface area contributed by atoms with Crippen molar-refractivity contribution in [2.45, 2.75) is 32.7 Å². The van der Waals surface area contributed by atoms with Gasteiger partial charge in [-0.25, -0.2) is 14.8 Å². The van der Waals surface area contributed by atoms with E-state index in [9.17, 15) is 9.59 Å². The summed E-state index contributed by atoms with van der Waals surface area (Å²) in [6.07, 6.45) is 3.95.